The number of methoxy groups -OCH3 is 3. The zero-order valence-electron chi connectivity index (χ0n) is 17.7. The van der Waals surface area contributed by atoms with Crippen molar-refractivity contribution in [3.8, 4) is 34.1 Å². The summed E-state index contributed by atoms with van der Waals surface area (Å²) in [6.45, 7) is 0.362. The predicted molar refractivity (Wildman–Crippen MR) is 116 cm³/mol. The molecule has 2 aromatic carbocycles. The van der Waals surface area contributed by atoms with Crippen LogP contribution in [0.25, 0.3) is 11.1 Å². The number of carbonyl (C=O) groups excluding carboxylic acids is 1. The molecule has 1 aliphatic heterocycles. The molecule has 0 aliphatic carbocycles. The van der Waals surface area contributed by atoms with E-state index >= 15 is 0 Å². The van der Waals surface area contributed by atoms with Gasteiger partial charge in [-0.05, 0) is 35.4 Å². The second-order valence-corrected chi connectivity index (χ2v) is 7.07. The van der Waals surface area contributed by atoms with E-state index < -0.39 is 0 Å². The van der Waals surface area contributed by atoms with Gasteiger partial charge in [-0.25, -0.2) is 0 Å². The molecule has 1 amide bonds. The SMILES string of the molecule is COc1ccc(C(=O)NCC2Cc3cccc(-c4ccncc4)c3O2)c(OC)c1OC. The van der Waals surface area contributed by atoms with Crippen LogP contribution in [0.15, 0.2) is 54.9 Å². The van der Waals surface area contributed by atoms with E-state index in [1.54, 1.807) is 24.5 Å². The molecule has 0 radical (unpaired) electrons. The van der Waals surface area contributed by atoms with E-state index in [9.17, 15) is 4.79 Å². The predicted octanol–water partition coefficient (Wildman–Crippen LogP) is 3.51. The van der Waals surface area contributed by atoms with Crippen molar-refractivity contribution in [3.05, 3.63) is 66.0 Å². The van der Waals surface area contributed by atoms with Crippen molar-refractivity contribution >= 4 is 5.91 Å². The summed E-state index contributed by atoms with van der Waals surface area (Å²) in [5.41, 5.74) is 3.56. The lowest BCUT2D eigenvalue weighted by Gasteiger charge is -2.17. The third-order valence-electron chi connectivity index (χ3n) is 5.26. The number of rotatable bonds is 7. The first kappa shape index (κ1) is 20.5. The molecule has 160 valence electrons. The molecule has 0 bridgehead atoms. The van der Waals surface area contributed by atoms with E-state index in [-0.39, 0.29) is 12.0 Å². The highest BCUT2D eigenvalue weighted by molar-refractivity contribution is 5.98. The summed E-state index contributed by atoms with van der Waals surface area (Å²) in [4.78, 5) is 16.9. The molecule has 31 heavy (non-hydrogen) atoms. The Morgan fingerprint density at radius 3 is 2.52 bits per heavy atom. The molecule has 0 fully saturated rings. The number of amides is 1. The standard InChI is InChI=1S/C24H24N2O5/c1-28-20-8-7-19(22(29-2)23(20)30-3)24(27)26-14-17-13-16-5-4-6-18(21(16)31-17)15-9-11-25-12-10-15/h4-12,17H,13-14H2,1-3H3,(H,26,27). The number of benzene rings is 2. The van der Waals surface area contributed by atoms with E-state index in [1.165, 1.54) is 21.3 Å². The number of aromatic nitrogens is 1. The molecule has 7 nitrogen and oxygen atoms in total. The summed E-state index contributed by atoms with van der Waals surface area (Å²) in [7, 11) is 4.53. The van der Waals surface area contributed by atoms with Gasteiger partial charge < -0.3 is 24.3 Å². The maximum Gasteiger partial charge on any atom is 0.255 e. The fourth-order valence-corrected chi connectivity index (χ4v) is 3.79. The molecular weight excluding hydrogens is 396 g/mol. The molecule has 1 N–H and O–H groups in total. The Morgan fingerprint density at radius 1 is 1.03 bits per heavy atom. The number of nitrogens with one attached hydrogen (secondary N) is 1. The maximum atomic E-state index is 12.9. The number of carbonyl (C=O) groups is 1. The van der Waals surface area contributed by atoms with Crippen molar-refractivity contribution in [1.82, 2.24) is 10.3 Å². The molecule has 7 heteroatoms. The van der Waals surface area contributed by atoms with Gasteiger partial charge in [0.1, 0.15) is 11.9 Å². The van der Waals surface area contributed by atoms with Crippen molar-refractivity contribution in [3.63, 3.8) is 0 Å². The van der Waals surface area contributed by atoms with Crippen molar-refractivity contribution in [2.24, 2.45) is 0 Å². The lowest BCUT2D eigenvalue weighted by Crippen LogP contribution is -2.34. The smallest absolute Gasteiger partial charge is 0.255 e. The highest BCUT2D eigenvalue weighted by Gasteiger charge is 2.27. The zero-order chi connectivity index (χ0) is 21.8. The quantitative estimate of drug-likeness (QED) is 0.630. The van der Waals surface area contributed by atoms with Crippen LogP contribution in [0.5, 0.6) is 23.0 Å². The van der Waals surface area contributed by atoms with Crippen LogP contribution in [0.1, 0.15) is 15.9 Å². The van der Waals surface area contributed by atoms with Crippen molar-refractivity contribution < 1.29 is 23.7 Å². The fourth-order valence-electron chi connectivity index (χ4n) is 3.79. The van der Waals surface area contributed by atoms with E-state index in [4.69, 9.17) is 18.9 Å². The molecule has 3 aromatic rings. The zero-order valence-corrected chi connectivity index (χ0v) is 17.7. The number of hydrogen-bond donors (Lipinski definition) is 1. The van der Waals surface area contributed by atoms with Crippen LogP contribution in [-0.2, 0) is 6.42 Å². The molecule has 0 spiro atoms. The van der Waals surface area contributed by atoms with Crippen LogP contribution in [0.3, 0.4) is 0 Å². The molecule has 2 heterocycles. The average molecular weight is 420 g/mol. The van der Waals surface area contributed by atoms with Crippen molar-refractivity contribution in [2.75, 3.05) is 27.9 Å². The van der Waals surface area contributed by atoms with Gasteiger partial charge in [0, 0.05) is 24.4 Å². The number of ether oxygens (including phenoxy) is 4. The number of para-hydroxylation sites is 1. The van der Waals surface area contributed by atoms with Gasteiger partial charge in [0.2, 0.25) is 5.75 Å². The topological polar surface area (TPSA) is 78.9 Å². The van der Waals surface area contributed by atoms with Crippen LogP contribution >= 0.6 is 0 Å². The summed E-state index contributed by atoms with van der Waals surface area (Å²) in [5.74, 6) is 1.79. The Kier molecular flexibility index (Phi) is 5.93. The molecular formula is C24H24N2O5. The van der Waals surface area contributed by atoms with E-state index in [0.717, 1.165) is 28.9 Å². The Labute approximate surface area is 180 Å². The van der Waals surface area contributed by atoms with Gasteiger partial charge in [-0.1, -0.05) is 18.2 Å². The maximum absolute atomic E-state index is 12.9. The lowest BCUT2D eigenvalue weighted by molar-refractivity contribution is 0.0930. The van der Waals surface area contributed by atoms with Crippen molar-refractivity contribution in [1.29, 1.82) is 0 Å². The summed E-state index contributed by atoms with van der Waals surface area (Å²) >= 11 is 0. The largest absolute Gasteiger partial charge is 0.493 e. The summed E-state index contributed by atoms with van der Waals surface area (Å²) in [5, 5.41) is 2.95. The highest BCUT2D eigenvalue weighted by atomic mass is 16.5. The molecule has 1 aliphatic rings. The fraction of sp³-hybridized carbons (Fsp3) is 0.250. The minimum absolute atomic E-state index is 0.159. The van der Waals surface area contributed by atoms with Crippen LogP contribution in [-0.4, -0.2) is 44.9 Å². The molecule has 0 saturated carbocycles. The molecule has 1 unspecified atom stereocenters. The third-order valence-corrected chi connectivity index (χ3v) is 5.26. The van der Waals surface area contributed by atoms with Crippen LogP contribution < -0.4 is 24.3 Å². The Hall–Kier alpha value is -3.74. The Morgan fingerprint density at radius 2 is 1.81 bits per heavy atom. The molecule has 0 saturated heterocycles. The van der Waals surface area contributed by atoms with Gasteiger partial charge >= 0.3 is 0 Å². The number of nitrogens with zero attached hydrogens (tertiary/aromatic N) is 1. The minimum atomic E-state index is -0.272. The van der Waals surface area contributed by atoms with Gasteiger partial charge in [-0.15, -0.1) is 0 Å². The highest BCUT2D eigenvalue weighted by Crippen LogP contribution is 2.40. The number of fused-ring (bicyclic) bond motifs is 1. The van der Waals surface area contributed by atoms with Crippen molar-refractivity contribution in [2.45, 2.75) is 12.5 Å². The number of hydrogen-bond acceptors (Lipinski definition) is 6. The van der Waals surface area contributed by atoms with Gasteiger partial charge in [0.25, 0.3) is 5.91 Å². The molecule has 4 rings (SSSR count). The minimum Gasteiger partial charge on any atom is -0.493 e. The normalized spacial score (nSPS) is 14.4. The third kappa shape index (κ3) is 3.99. The molecule has 1 aromatic heterocycles. The summed E-state index contributed by atoms with van der Waals surface area (Å²) in [6, 6.07) is 13.4. The molecule has 1 atom stereocenters. The lowest BCUT2D eigenvalue weighted by atomic mass is 10.0. The second-order valence-electron chi connectivity index (χ2n) is 7.07. The monoisotopic (exact) mass is 420 g/mol. The Bertz CT molecular complexity index is 1080. The first-order valence-corrected chi connectivity index (χ1v) is 9.92. The van der Waals surface area contributed by atoms with Crippen LogP contribution in [0.4, 0.5) is 0 Å². The van der Waals surface area contributed by atoms with Gasteiger partial charge in [-0.2, -0.15) is 0 Å². The van der Waals surface area contributed by atoms with E-state index in [0.29, 0.717) is 29.4 Å². The van der Waals surface area contributed by atoms with Gasteiger partial charge in [0.05, 0.1) is 33.4 Å². The number of pyridine rings is 1. The first-order chi connectivity index (χ1) is 15.2. The van der Waals surface area contributed by atoms with Crippen LogP contribution in [0, 0.1) is 0 Å². The van der Waals surface area contributed by atoms with Gasteiger partial charge in [0.15, 0.2) is 11.5 Å². The second kappa shape index (κ2) is 8.95. The average Bonchev–Trinajstić information content (AvgIpc) is 3.25. The summed E-state index contributed by atoms with van der Waals surface area (Å²) < 4.78 is 22.3. The van der Waals surface area contributed by atoms with E-state index in [1.807, 2.05) is 24.3 Å². The van der Waals surface area contributed by atoms with E-state index in [2.05, 4.69) is 16.4 Å². The van der Waals surface area contributed by atoms with Gasteiger partial charge in [-0.3, -0.25) is 9.78 Å². The van der Waals surface area contributed by atoms with Crippen LogP contribution in [0.2, 0.25) is 0 Å². The first-order valence-electron chi connectivity index (χ1n) is 9.92. The Balaban J connectivity index is 1.48. The summed E-state index contributed by atoms with van der Waals surface area (Å²) in [6.07, 6.45) is 4.08.